The molecule has 12 N–H and O–H groups in total. The lowest BCUT2D eigenvalue weighted by Crippen LogP contribution is -2.20. The lowest BCUT2D eigenvalue weighted by atomic mass is 10.0. The molecule has 176 valence electrons. The minimum atomic E-state index is -4.26. The number of nitrogen functional groups attached to an aromatic ring is 3. The molecule has 11 nitrogen and oxygen atoms in total. The van der Waals surface area contributed by atoms with Crippen molar-refractivity contribution in [3.05, 3.63) is 65.9 Å². The summed E-state index contributed by atoms with van der Waals surface area (Å²) >= 11 is 0. The summed E-state index contributed by atoms with van der Waals surface area (Å²) in [4.78, 5) is -0.505. The molecule has 1 aliphatic rings. The molecule has 0 saturated carbocycles. The molecule has 1 aliphatic carbocycles. The molecule has 3 rings (SSSR count). The highest BCUT2D eigenvalue weighted by molar-refractivity contribution is 7.86. The van der Waals surface area contributed by atoms with E-state index >= 15 is 0 Å². The highest BCUT2D eigenvalue weighted by Gasteiger charge is 2.13. The van der Waals surface area contributed by atoms with Crippen LogP contribution in [0.3, 0.4) is 0 Å². The fourth-order valence-corrected chi connectivity index (χ4v) is 3.45. The van der Waals surface area contributed by atoms with E-state index in [0.29, 0.717) is 5.69 Å². The van der Waals surface area contributed by atoms with Crippen molar-refractivity contribution in [1.29, 1.82) is 0 Å². The number of hydrogen-bond acceptors (Lipinski definition) is 9. The van der Waals surface area contributed by atoms with Crippen molar-refractivity contribution in [1.82, 2.24) is 0 Å². The van der Waals surface area contributed by atoms with E-state index in [9.17, 15) is 16.8 Å². The van der Waals surface area contributed by atoms with Crippen molar-refractivity contribution in [2.24, 2.45) is 11.5 Å². The van der Waals surface area contributed by atoms with Gasteiger partial charge in [-0.1, -0.05) is 12.2 Å². The highest BCUT2D eigenvalue weighted by atomic mass is 32.2. The molecule has 32 heavy (non-hydrogen) atoms. The molecule has 0 aromatic heterocycles. The highest BCUT2D eigenvalue weighted by Crippen LogP contribution is 2.20. The van der Waals surface area contributed by atoms with Crippen molar-refractivity contribution < 1.29 is 25.9 Å². The van der Waals surface area contributed by atoms with E-state index in [0.717, 1.165) is 23.8 Å². The molecule has 0 heterocycles. The summed E-state index contributed by atoms with van der Waals surface area (Å²) in [6.45, 7) is 1.98. The molecule has 2 aromatic rings. The zero-order chi connectivity index (χ0) is 24.7. The third-order valence-electron chi connectivity index (χ3n) is 4.02. The van der Waals surface area contributed by atoms with Crippen LogP contribution in [0.4, 0.5) is 17.1 Å². The second-order valence-corrected chi connectivity index (χ2v) is 9.54. The Hall–Kier alpha value is -3.10. The summed E-state index contributed by atoms with van der Waals surface area (Å²) in [7, 11) is -8.34. The molecule has 0 aliphatic heterocycles. The lowest BCUT2D eigenvalue weighted by molar-refractivity contribution is 0.481. The fraction of sp³-hybridized carbons (Fsp3) is 0.158. The first kappa shape index (κ1) is 26.9. The van der Waals surface area contributed by atoms with Gasteiger partial charge in [-0.2, -0.15) is 16.8 Å². The monoisotopic (exact) mass is 485 g/mol. The summed E-state index contributed by atoms with van der Waals surface area (Å²) in [5.74, 6) is 0. The first-order valence-corrected chi connectivity index (χ1v) is 11.8. The third kappa shape index (κ3) is 8.95. The smallest absolute Gasteiger partial charge is 0.296 e. The van der Waals surface area contributed by atoms with Gasteiger partial charge in [0.25, 0.3) is 20.2 Å². The van der Waals surface area contributed by atoms with Gasteiger partial charge in [-0.25, -0.2) is 0 Å². The van der Waals surface area contributed by atoms with Gasteiger partial charge in [0, 0.05) is 23.1 Å². The summed E-state index contributed by atoms with van der Waals surface area (Å²) < 4.78 is 59.3. The van der Waals surface area contributed by atoms with Gasteiger partial charge in [0.2, 0.25) is 0 Å². The Bertz CT molecular complexity index is 1210. The van der Waals surface area contributed by atoms with Gasteiger partial charge in [-0.3, -0.25) is 9.11 Å². The predicted octanol–water partition coefficient (Wildman–Crippen LogP) is 1.12. The Balaban J connectivity index is 0.000000242. The number of benzene rings is 2. The van der Waals surface area contributed by atoms with Crippen LogP contribution in [0.2, 0.25) is 0 Å². The van der Waals surface area contributed by atoms with Gasteiger partial charge in [-0.15, -0.1) is 0 Å². The number of anilines is 3. The van der Waals surface area contributed by atoms with Crippen molar-refractivity contribution in [2.45, 2.75) is 29.2 Å². The van der Waals surface area contributed by atoms with E-state index < -0.39 is 20.2 Å². The molecule has 1 unspecified atom stereocenters. The molecule has 0 fully saturated rings. The van der Waals surface area contributed by atoms with Crippen LogP contribution in [-0.4, -0.2) is 32.0 Å². The SMILES string of the molecule is CC1=CC(N)CC=C1N.Nc1ccc(N)c(S(=O)(=O)O)c1.Nc1ccc(S(=O)(=O)O)cc1. The molecule has 0 amide bonds. The van der Waals surface area contributed by atoms with E-state index in [1.54, 1.807) is 0 Å². The standard InChI is InChI=1S/C7H12N2.C6H8N2O3S.C6H7NO3S/c1-5-4-6(8)2-3-7(5)9;7-4-1-2-5(8)6(3-4)12(9,10)11;7-5-1-3-6(4-2-5)11(8,9)10/h3-4,6H,2,8-9H2,1H3;1-3H,7-8H2,(H,9,10,11);1-4H,7H2,(H,8,9,10). The second kappa shape index (κ2) is 11.0. The Morgan fingerprint density at radius 2 is 1.38 bits per heavy atom. The zero-order valence-electron chi connectivity index (χ0n) is 17.2. The normalized spacial score (nSPS) is 15.8. The summed E-state index contributed by atoms with van der Waals surface area (Å²) in [6, 6.07) is 9.34. The fourth-order valence-electron chi connectivity index (χ4n) is 2.32. The van der Waals surface area contributed by atoms with Gasteiger partial charge in [0.15, 0.2) is 0 Å². The van der Waals surface area contributed by atoms with Crippen LogP contribution in [-0.2, 0) is 20.2 Å². The van der Waals surface area contributed by atoms with Gasteiger partial charge in [-0.05, 0) is 61.4 Å². The van der Waals surface area contributed by atoms with Crippen molar-refractivity contribution >= 4 is 37.3 Å². The summed E-state index contributed by atoms with van der Waals surface area (Å²) in [6.07, 6.45) is 4.85. The van der Waals surface area contributed by atoms with Crippen LogP contribution in [0.1, 0.15) is 13.3 Å². The molecule has 0 saturated heterocycles. The van der Waals surface area contributed by atoms with Crippen molar-refractivity contribution in [3.63, 3.8) is 0 Å². The molecule has 2 aromatic carbocycles. The van der Waals surface area contributed by atoms with Gasteiger partial charge in [0.05, 0.1) is 10.6 Å². The predicted molar refractivity (Wildman–Crippen MR) is 124 cm³/mol. The molecule has 13 heteroatoms. The Morgan fingerprint density at radius 1 is 0.844 bits per heavy atom. The van der Waals surface area contributed by atoms with E-state index in [-0.39, 0.29) is 27.2 Å². The van der Waals surface area contributed by atoms with Crippen LogP contribution < -0.4 is 28.7 Å². The number of allylic oxidation sites excluding steroid dienone is 1. The molecule has 0 bridgehead atoms. The average molecular weight is 486 g/mol. The Kier molecular flexibility index (Phi) is 9.23. The zero-order valence-corrected chi connectivity index (χ0v) is 18.8. The van der Waals surface area contributed by atoms with E-state index in [1.165, 1.54) is 36.4 Å². The molecular weight excluding hydrogens is 458 g/mol. The van der Waals surface area contributed by atoms with Crippen LogP contribution >= 0.6 is 0 Å². The largest absolute Gasteiger partial charge is 0.399 e. The quantitative estimate of drug-likeness (QED) is 0.235. The summed E-state index contributed by atoms with van der Waals surface area (Å²) in [5.41, 5.74) is 29.7. The minimum Gasteiger partial charge on any atom is -0.399 e. The van der Waals surface area contributed by atoms with E-state index in [2.05, 4.69) is 0 Å². The number of hydrogen-bond donors (Lipinski definition) is 7. The third-order valence-corrected chi connectivity index (χ3v) is 5.80. The maximum Gasteiger partial charge on any atom is 0.296 e. The van der Waals surface area contributed by atoms with Gasteiger partial charge >= 0.3 is 0 Å². The van der Waals surface area contributed by atoms with Crippen LogP contribution in [0.5, 0.6) is 0 Å². The van der Waals surface area contributed by atoms with Crippen LogP contribution in [0.15, 0.2) is 75.7 Å². The Morgan fingerprint density at radius 3 is 1.78 bits per heavy atom. The average Bonchev–Trinajstić information content (AvgIpc) is 2.67. The topological polar surface area (TPSA) is 239 Å². The number of nitrogens with two attached hydrogens (primary N) is 5. The van der Waals surface area contributed by atoms with Crippen molar-refractivity contribution in [2.75, 3.05) is 17.2 Å². The maximum atomic E-state index is 10.6. The van der Waals surface area contributed by atoms with Crippen molar-refractivity contribution in [3.8, 4) is 0 Å². The summed E-state index contributed by atoms with van der Waals surface area (Å²) in [5, 5.41) is 0. The van der Waals surface area contributed by atoms with Crippen LogP contribution in [0, 0.1) is 0 Å². The minimum absolute atomic E-state index is 0.0216. The molecule has 0 radical (unpaired) electrons. The van der Waals surface area contributed by atoms with E-state index in [4.69, 9.17) is 37.8 Å². The molecular formula is C19H27N5O6S2. The molecule has 0 spiro atoms. The Labute approximate surface area is 187 Å². The number of rotatable bonds is 2. The second-order valence-electron chi connectivity index (χ2n) is 6.73. The maximum absolute atomic E-state index is 10.6. The molecule has 1 atom stereocenters. The lowest BCUT2D eigenvalue weighted by Gasteiger charge is -2.12. The van der Waals surface area contributed by atoms with Gasteiger partial charge in [0.1, 0.15) is 4.90 Å². The van der Waals surface area contributed by atoms with Gasteiger partial charge < -0.3 is 28.7 Å². The first-order valence-electron chi connectivity index (χ1n) is 8.96. The van der Waals surface area contributed by atoms with E-state index in [1.807, 2.05) is 19.1 Å². The first-order chi connectivity index (χ1) is 14.6. The van der Waals surface area contributed by atoms with Crippen LogP contribution in [0.25, 0.3) is 0 Å².